The van der Waals surface area contributed by atoms with Crippen molar-refractivity contribution < 1.29 is 46.3 Å². The first-order valence-electron chi connectivity index (χ1n) is 13.2. The minimum Gasteiger partial charge on any atom is -0.487 e. The number of carboxylic acid groups (broad SMARTS) is 1. The van der Waals surface area contributed by atoms with E-state index in [0.29, 0.717) is 22.4 Å². The number of nitrogens with one attached hydrogen (secondary N) is 1. The molecule has 5 rings (SSSR count). The van der Waals surface area contributed by atoms with Gasteiger partial charge in [0.25, 0.3) is 12.0 Å². The molecule has 3 aromatic heterocycles. The number of carbonyl (C=O) groups excluding carboxylic acids is 2. The number of nitrogens with zero attached hydrogens (tertiary/aromatic N) is 5. The SMILES string of the molecule is CC1(C)C(CC(=O)/C(=N\O[C@@H](COc2ccc3nc(CC4CNC4)cn3c2)C(=O)O)c2csc(N)n2)C(=O)N1OS(=O)(=O)O. The van der Waals surface area contributed by atoms with Crippen LogP contribution in [-0.2, 0) is 40.3 Å². The number of Topliss-reactive ketones (excluding diaryl/α,β-unsaturated/α-hetero) is 1. The Morgan fingerprint density at radius 2 is 2.02 bits per heavy atom. The van der Waals surface area contributed by atoms with Crippen LogP contribution in [0.15, 0.2) is 35.1 Å². The van der Waals surface area contributed by atoms with E-state index in [1.54, 1.807) is 22.7 Å². The largest absolute Gasteiger partial charge is 0.487 e. The third-order valence-corrected chi connectivity index (χ3v) is 8.26. The predicted molar refractivity (Wildman–Crippen MR) is 153 cm³/mol. The zero-order valence-electron chi connectivity index (χ0n) is 23.4. The molecule has 5 N–H and O–H groups in total. The smallest absolute Gasteiger partial charge is 0.418 e. The molecule has 0 aromatic carbocycles. The Morgan fingerprint density at radius 3 is 2.61 bits per heavy atom. The zero-order valence-corrected chi connectivity index (χ0v) is 25.1. The summed E-state index contributed by atoms with van der Waals surface area (Å²) in [5, 5.41) is 18.7. The third-order valence-electron chi connectivity index (χ3n) is 7.25. The van der Waals surface area contributed by atoms with Crippen LogP contribution in [0.25, 0.3) is 5.65 Å². The first kappa shape index (κ1) is 31.3. The lowest BCUT2D eigenvalue weighted by molar-refractivity contribution is -0.228. The molecule has 19 heteroatoms. The average Bonchev–Trinajstić information content (AvgIpc) is 3.54. The van der Waals surface area contributed by atoms with Gasteiger partial charge in [0.1, 0.15) is 23.7 Å². The number of aromatic nitrogens is 3. The molecule has 0 radical (unpaired) electrons. The monoisotopic (exact) mass is 651 g/mol. The Labute approximate surface area is 254 Å². The third kappa shape index (κ3) is 6.81. The fourth-order valence-corrected chi connectivity index (χ4v) is 5.72. The Morgan fingerprint density at radius 1 is 1.27 bits per heavy atom. The number of fused-ring (bicyclic) bond motifs is 1. The lowest BCUT2D eigenvalue weighted by Gasteiger charge is -2.50. The van der Waals surface area contributed by atoms with Crippen LogP contribution in [0, 0.1) is 11.8 Å². The number of carboxylic acids is 1. The summed E-state index contributed by atoms with van der Waals surface area (Å²) in [5.74, 6) is -3.25. The highest BCUT2D eigenvalue weighted by Crippen LogP contribution is 2.40. The van der Waals surface area contributed by atoms with E-state index < -0.39 is 64.4 Å². The number of nitrogen functional groups attached to an aromatic ring is 1. The topological polar surface area (TPSA) is 237 Å². The van der Waals surface area contributed by atoms with Crippen LogP contribution in [0.4, 0.5) is 5.13 Å². The van der Waals surface area contributed by atoms with Gasteiger partial charge in [-0.25, -0.2) is 14.8 Å². The fourth-order valence-electron chi connectivity index (χ4n) is 4.72. The van der Waals surface area contributed by atoms with Gasteiger partial charge in [-0.15, -0.1) is 15.6 Å². The van der Waals surface area contributed by atoms with Crippen molar-refractivity contribution in [2.24, 2.45) is 17.0 Å². The standard InChI is InChI=1S/C25H29N7O10S2/c1-25(2)16(22(34)32(25)42-44(37,38)39)6-18(33)21(17-12-43-24(26)29-17)30-41-19(23(35)36)11-40-15-3-4-20-28-14(9-31(20)10-15)5-13-7-27-8-13/h3-4,9-10,12-13,16,19,27H,5-8,11H2,1-2H3,(H2,26,29)(H,35,36)(H,37,38,39)/b30-21-/t16?,19-/m0/s1. The van der Waals surface area contributed by atoms with Crippen molar-refractivity contribution in [2.45, 2.75) is 38.3 Å². The van der Waals surface area contributed by atoms with E-state index in [1.807, 2.05) is 6.20 Å². The number of rotatable bonds is 14. The van der Waals surface area contributed by atoms with Crippen LogP contribution in [0.3, 0.4) is 0 Å². The van der Waals surface area contributed by atoms with Crippen molar-refractivity contribution in [3.8, 4) is 5.75 Å². The quantitative estimate of drug-likeness (QED) is 0.0795. The maximum absolute atomic E-state index is 13.3. The molecule has 1 amide bonds. The molecule has 2 fully saturated rings. The molecule has 2 aliphatic rings. The van der Waals surface area contributed by atoms with Crippen molar-refractivity contribution in [1.29, 1.82) is 0 Å². The maximum Gasteiger partial charge on any atom is 0.418 e. The minimum absolute atomic E-state index is 0.0165. The molecule has 3 aromatic rings. The molecule has 0 bridgehead atoms. The van der Waals surface area contributed by atoms with Crippen LogP contribution in [0.5, 0.6) is 5.75 Å². The number of hydrogen-bond acceptors (Lipinski definition) is 14. The molecular weight excluding hydrogens is 622 g/mol. The molecule has 2 saturated heterocycles. The second-order valence-corrected chi connectivity index (χ2v) is 12.7. The summed E-state index contributed by atoms with van der Waals surface area (Å²) in [5.41, 5.74) is 5.62. The number of imidazole rings is 1. The van der Waals surface area contributed by atoms with Crippen molar-refractivity contribution in [3.63, 3.8) is 0 Å². The first-order chi connectivity index (χ1) is 20.7. The first-order valence-corrected chi connectivity index (χ1v) is 15.5. The molecule has 5 heterocycles. The number of carbonyl (C=O) groups is 3. The van der Waals surface area contributed by atoms with E-state index >= 15 is 0 Å². The number of aliphatic carboxylic acids is 1. The van der Waals surface area contributed by atoms with E-state index in [-0.39, 0.29) is 10.8 Å². The number of ether oxygens (including phenoxy) is 1. The van der Waals surface area contributed by atoms with Crippen molar-refractivity contribution in [2.75, 3.05) is 25.4 Å². The van der Waals surface area contributed by atoms with Gasteiger partial charge in [-0.2, -0.15) is 13.5 Å². The Kier molecular flexibility index (Phi) is 8.58. The highest BCUT2D eigenvalue weighted by molar-refractivity contribution is 7.80. The maximum atomic E-state index is 13.3. The number of hydroxylamine groups is 2. The number of hydrogen-bond donors (Lipinski definition) is 4. The summed E-state index contributed by atoms with van der Waals surface area (Å²) in [6, 6.07) is 3.38. The lowest BCUT2D eigenvalue weighted by Crippen LogP contribution is -2.68. The molecular formula is C25H29N7O10S2. The van der Waals surface area contributed by atoms with Gasteiger partial charge in [0.15, 0.2) is 16.6 Å². The second kappa shape index (κ2) is 12.1. The molecule has 236 valence electrons. The average molecular weight is 652 g/mol. The van der Waals surface area contributed by atoms with Gasteiger partial charge < -0.3 is 30.1 Å². The number of β-lactam (4-membered cyclic amide) rings is 1. The van der Waals surface area contributed by atoms with Gasteiger partial charge in [-0.3, -0.25) is 14.1 Å². The lowest BCUT2D eigenvalue weighted by atomic mass is 9.74. The van der Waals surface area contributed by atoms with E-state index in [9.17, 15) is 27.9 Å². The number of oxime groups is 1. The Bertz CT molecular complexity index is 1730. The highest BCUT2D eigenvalue weighted by atomic mass is 32.3. The van der Waals surface area contributed by atoms with Gasteiger partial charge >= 0.3 is 16.4 Å². The highest BCUT2D eigenvalue weighted by Gasteiger charge is 2.57. The normalized spacial score (nSPS) is 19.3. The van der Waals surface area contributed by atoms with Gasteiger partial charge in [0.05, 0.1) is 23.3 Å². The number of ketones is 1. The Hall–Kier alpha value is -4.17. The molecule has 2 atom stereocenters. The molecule has 0 aliphatic carbocycles. The number of thiazole rings is 1. The number of anilines is 1. The summed E-state index contributed by atoms with van der Waals surface area (Å²) in [4.78, 5) is 51.6. The van der Waals surface area contributed by atoms with Crippen LogP contribution in [0.1, 0.15) is 31.7 Å². The van der Waals surface area contributed by atoms with Gasteiger partial charge in [0.2, 0.25) is 0 Å². The number of amides is 1. The summed E-state index contributed by atoms with van der Waals surface area (Å²) in [7, 11) is -4.98. The van der Waals surface area contributed by atoms with Gasteiger partial charge in [0, 0.05) is 18.0 Å². The van der Waals surface area contributed by atoms with Gasteiger partial charge in [-0.05, 0) is 51.4 Å². The van der Waals surface area contributed by atoms with Crippen LogP contribution in [-0.4, -0.2) is 92.2 Å². The zero-order chi connectivity index (χ0) is 31.8. The predicted octanol–water partition coefficient (Wildman–Crippen LogP) is 0.318. The number of pyridine rings is 1. The van der Waals surface area contributed by atoms with E-state index in [4.69, 9.17) is 19.9 Å². The van der Waals surface area contributed by atoms with Crippen molar-refractivity contribution in [1.82, 2.24) is 24.7 Å². The Balaban J connectivity index is 1.27. The number of nitrogens with two attached hydrogens (primary N) is 1. The van der Waals surface area contributed by atoms with Crippen LogP contribution >= 0.6 is 11.3 Å². The van der Waals surface area contributed by atoms with E-state index in [2.05, 4.69) is 24.7 Å². The second-order valence-electron chi connectivity index (χ2n) is 10.8. The van der Waals surface area contributed by atoms with Gasteiger partial charge in [-0.1, -0.05) is 5.16 Å². The minimum atomic E-state index is -4.98. The summed E-state index contributed by atoms with van der Waals surface area (Å²) >= 11 is 0.991. The molecule has 44 heavy (non-hydrogen) atoms. The van der Waals surface area contributed by atoms with Crippen molar-refractivity contribution in [3.05, 3.63) is 41.3 Å². The van der Waals surface area contributed by atoms with E-state index in [1.165, 1.54) is 19.2 Å². The van der Waals surface area contributed by atoms with E-state index in [0.717, 1.165) is 36.5 Å². The summed E-state index contributed by atoms with van der Waals surface area (Å²) in [6.07, 6.45) is 2.25. The summed E-state index contributed by atoms with van der Waals surface area (Å²) in [6.45, 7) is 4.28. The molecule has 2 aliphatic heterocycles. The molecule has 17 nitrogen and oxygen atoms in total. The van der Waals surface area contributed by atoms with Crippen molar-refractivity contribution >= 4 is 55.9 Å². The summed E-state index contributed by atoms with van der Waals surface area (Å²) < 4.78 is 42.9. The fraction of sp³-hybridized carbons (Fsp3) is 0.440. The van der Waals surface area contributed by atoms with Crippen LogP contribution < -0.4 is 15.8 Å². The molecule has 0 saturated carbocycles. The van der Waals surface area contributed by atoms with Crippen LogP contribution in [0.2, 0.25) is 0 Å². The molecule has 0 spiro atoms. The molecule has 1 unspecified atom stereocenters.